The average molecular weight is 834 g/mol. The van der Waals surface area contributed by atoms with Gasteiger partial charge >= 0.3 is 12.1 Å². The van der Waals surface area contributed by atoms with Crippen LogP contribution in [-0.4, -0.2) is 57.4 Å². The van der Waals surface area contributed by atoms with Crippen molar-refractivity contribution in [2.24, 2.45) is 0 Å². The summed E-state index contributed by atoms with van der Waals surface area (Å²) in [5.74, 6) is -1.38. The van der Waals surface area contributed by atoms with Crippen molar-refractivity contribution in [2.75, 3.05) is 12.3 Å². The number of rotatable bonds is 12. The van der Waals surface area contributed by atoms with Gasteiger partial charge in [0.05, 0.1) is 18.8 Å². The van der Waals surface area contributed by atoms with Gasteiger partial charge in [0, 0.05) is 42.0 Å². The van der Waals surface area contributed by atoms with Crippen LogP contribution in [0.5, 0.6) is 0 Å². The van der Waals surface area contributed by atoms with Gasteiger partial charge in [-0.2, -0.15) is 13.2 Å². The predicted molar refractivity (Wildman–Crippen MR) is 221 cm³/mol. The van der Waals surface area contributed by atoms with E-state index >= 15 is 0 Å². The number of likely N-dealkylation sites (tertiary alicyclic amines) is 1. The van der Waals surface area contributed by atoms with Gasteiger partial charge in [0.2, 0.25) is 5.91 Å². The number of carbonyl (C=O) groups is 2. The zero-order valence-electron chi connectivity index (χ0n) is 32.4. The molecule has 4 unspecified atom stereocenters. The van der Waals surface area contributed by atoms with Crippen LogP contribution < -0.4 is 5.32 Å². The van der Waals surface area contributed by atoms with Crippen LogP contribution >= 0.6 is 11.8 Å². The molecule has 0 bridgehead atoms. The molecule has 4 atom stereocenters. The second-order valence-electron chi connectivity index (χ2n) is 14.7. The molecule has 8 rings (SSSR count). The normalized spacial score (nSPS) is 19.3. The second-order valence-corrected chi connectivity index (χ2v) is 15.7. The smallest absolute Gasteiger partial charge is 0.431 e. The number of ether oxygens (including phenoxy) is 2. The Labute approximate surface area is 349 Å². The van der Waals surface area contributed by atoms with Gasteiger partial charge in [-0.3, -0.25) is 9.59 Å². The quantitative estimate of drug-likeness (QED) is 0.117. The van der Waals surface area contributed by atoms with E-state index in [9.17, 15) is 27.9 Å². The van der Waals surface area contributed by atoms with Gasteiger partial charge in [-0.15, -0.1) is 0 Å². The van der Waals surface area contributed by atoms with Gasteiger partial charge in [-0.05, 0) is 52.8 Å². The highest BCUT2D eigenvalue weighted by Crippen LogP contribution is 2.42. The molecular formula is C47H42F3N3O6S. The van der Waals surface area contributed by atoms with Crippen LogP contribution in [0.3, 0.4) is 0 Å². The molecule has 5 aromatic carbocycles. The fourth-order valence-electron chi connectivity index (χ4n) is 7.60. The molecule has 0 spiro atoms. The third kappa shape index (κ3) is 9.50. The molecule has 2 aliphatic rings. The van der Waals surface area contributed by atoms with Crippen molar-refractivity contribution >= 4 is 23.6 Å². The Balaban J connectivity index is 0.997. The first-order chi connectivity index (χ1) is 29.1. The summed E-state index contributed by atoms with van der Waals surface area (Å²) in [5, 5.41) is 12.9. The minimum Gasteiger partial charge on any atom is -0.431 e. The molecule has 9 nitrogen and oxygen atoms in total. The molecule has 2 N–H and O–H groups in total. The molecule has 2 amide bonds. The average Bonchev–Trinajstić information content (AvgIpc) is 3.96. The molecule has 1 aromatic heterocycles. The molecule has 2 fully saturated rings. The summed E-state index contributed by atoms with van der Waals surface area (Å²) < 4.78 is 59.2. The fourth-order valence-corrected chi connectivity index (χ4v) is 8.45. The SMILES string of the molecule is O=C(NCc1cccc(-c2cccc(C3OC(CSc4nc(-c5ccccc5)c(-c5ccccc5)o4)CC(c4ccc(CO)cc4)O3)c2)c1)C1CCCN1C(=O)C(F)(F)F. The van der Waals surface area contributed by atoms with Crippen LogP contribution in [0.4, 0.5) is 13.2 Å². The van der Waals surface area contributed by atoms with Crippen LogP contribution in [0.25, 0.3) is 33.7 Å². The van der Waals surface area contributed by atoms with Crippen LogP contribution in [0.15, 0.2) is 143 Å². The molecule has 3 heterocycles. The number of amides is 2. The number of aromatic nitrogens is 1. The maximum absolute atomic E-state index is 13.1. The van der Waals surface area contributed by atoms with Crippen molar-refractivity contribution in [3.05, 3.63) is 156 Å². The third-order valence-corrected chi connectivity index (χ3v) is 11.6. The number of thioether (sulfide) groups is 1. The number of aliphatic hydroxyl groups is 1. The molecule has 308 valence electrons. The van der Waals surface area contributed by atoms with E-state index in [0.717, 1.165) is 50.2 Å². The van der Waals surface area contributed by atoms with Crippen molar-refractivity contribution in [1.82, 2.24) is 15.2 Å². The number of carbonyl (C=O) groups excluding carboxylic acids is 2. The summed E-state index contributed by atoms with van der Waals surface area (Å²) >= 11 is 1.48. The Morgan fingerprint density at radius 1 is 0.783 bits per heavy atom. The van der Waals surface area contributed by atoms with Crippen molar-refractivity contribution in [2.45, 2.75) is 68.4 Å². The predicted octanol–water partition coefficient (Wildman–Crippen LogP) is 9.68. The number of oxazole rings is 1. The minimum atomic E-state index is -5.04. The number of hydrogen-bond donors (Lipinski definition) is 2. The largest absolute Gasteiger partial charge is 0.471 e. The molecule has 0 saturated carbocycles. The van der Waals surface area contributed by atoms with Gasteiger partial charge in [-0.1, -0.05) is 133 Å². The fraction of sp³-hybridized carbons (Fsp3) is 0.255. The lowest BCUT2D eigenvalue weighted by Crippen LogP contribution is -2.50. The highest BCUT2D eigenvalue weighted by Gasteiger charge is 2.47. The number of halogens is 3. The first-order valence-electron chi connectivity index (χ1n) is 19.7. The van der Waals surface area contributed by atoms with E-state index in [-0.39, 0.29) is 38.3 Å². The summed E-state index contributed by atoms with van der Waals surface area (Å²) in [6, 6.07) is 41.7. The summed E-state index contributed by atoms with van der Waals surface area (Å²) in [5.41, 5.74) is 7.65. The summed E-state index contributed by atoms with van der Waals surface area (Å²) in [7, 11) is 0. The van der Waals surface area contributed by atoms with E-state index in [1.54, 1.807) is 0 Å². The number of benzene rings is 5. The lowest BCUT2D eigenvalue weighted by atomic mass is 9.99. The standard InChI is InChI=1S/C47H42F3N3O6S/c48-47(49,50)45(56)53-23-9-18-39(53)43(55)51-27-31-10-7-15-35(24-31)36-16-8-17-37(25-36)44-57-38(26-40(58-44)32-21-19-30(28-54)20-22-32)29-60-46-52-41(33-11-3-1-4-12-33)42(59-46)34-13-5-2-6-14-34/h1-8,10-17,19-22,24-25,38-40,44,54H,9,18,23,26-29H2,(H,51,55). The Hall–Kier alpha value is -5.73. The van der Waals surface area contributed by atoms with E-state index < -0.39 is 30.3 Å². The number of aliphatic hydroxyl groups excluding tert-OH is 1. The van der Waals surface area contributed by atoms with Crippen LogP contribution in [0.2, 0.25) is 0 Å². The molecule has 60 heavy (non-hydrogen) atoms. The molecule has 0 aliphatic carbocycles. The highest BCUT2D eigenvalue weighted by molar-refractivity contribution is 7.99. The van der Waals surface area contributed by atoms with Gasteiger partial charge in [0.1, 0.15) is 11.7 Å². The van der Waals surface area contributed by atoms with Crippen LogP contribution in [0, 0.1) is 0 Å². The lowest BCUT2D eigenvalue weighted by Gasteiger charge is -2.36. The second kappa shape index (κ2) is 18.3. The Morgan fingerprint density at radius 3 is 2.18 bits per heavy atom. The van der Waals surface area contributed by atoms with Crippen molar-refractivity contribution in [3.63, 3.8) is 0 Å². The Morgan fingerprint density at radius 2 is 1.47 bits per heavy atom. The number of nitrogens with zero attached hydrogens (tertiary/aromatic N) is 2. The maximum Gasteiger partial charge on any atom is 0.471 e. The van der Waals surface area contributed by atoms with E-state index in [4.69, 9.17) is 18.9 Å². The van der Waals surface area contributed by atoms with Crippen molar-refractivity contribution in [3.8, 4) is 33.7 Å². The zero-order chi connectivity index (χ0) is 41.6. The molecule has 13 heteroatoms. The third-order valence-electron chi connectivity index (χ3n) is 10.6. The maximum atomic E-state index is 13.1. The molecule has 2 saturated heterocycles. The number of alkyl halides is 3. The van der Waals surface area contributed by atoms with Crippen LogP contribution in [0.1, 0.15) is 53.9 Å². The first-order valence-corrected chi connectivity index (χ1v) is 20.7. The van der Waals surface area contributed by atoms with Gasteiger partial charge < -0.3 is 29.2 Å². The minimum absolute atomic E-state index is 0.0641. The zero-order valence-corrected chi connectivity index (χ0v) is 33.2. The number of hydrogen-bond acceptors (Lipinski definition) is 8. The Bertz CT molecular complexity index is 2350. The summed E-state index contributed by atoms with van der Waals surface area (Å²) in [6.45, 7) is -0.100. The highest BCUT2D eigenvalue weighted by atomic mass is 32.2. The number of nitrogens with one attached hydrogen (secondary N) is 1. The van der Waals surface area contributed by atoms with E-state index in [1.807, 2.05) is 133 Å². The molecule has 0 radical (unpaired) electrons. The van der Waals surface area contributed by atoms with Crippen molar-refractivity contribution in [1.29, 1.82) is 0 Å². The monoisotopic (exact) mass is 833 g/mol. The summed E-state index contributed by atoms with van der Waals surface area (Å²) in [6.07, 6.45) is -5.29. The molecular weight excluding hydrogens is 792 g/mol. The molecule has 6 aromatic rings. The van der Waals surface area contributed by atoms with E-state index in [1.165, 1.54) is 11.8 Å². The summed E-state index contributed by atoms with van der Waals surface area (Å²) in [4.78, 5) is 30.4. The Kier molecular flexibility index (Phi) is 12.5. The van der Waals surface area contributed by atoms with E-state index in [2.05, 4.69) is 5.32 Å². The molecule has 2 aliphatic heterocycles. The van der Waals surface area contributed by atoms with Crippen LogP contribution in [-0.2, 0) is 32.2 Å². The van der Waals surface area contributed by atoms with Crippen molar-refractivity contribution < 1.29 is 41.8 Å². The first kappa shape index (κ1) is 41.0. The lowest BCUT2D eigenvalue weighted by molar-refractivity contribution is -0.245. The topological polar surface area (TPSA) is 114 Å². The van der Waals surface area contributed by atoms with Gasteiger partial charge in [-0.25, -0.2) is 4.98 Å². The van der Waals surface area contributed by atoms with E-state index in [0.29, 0.717) is 34.5 Å². The van der Waals surface area contributed by atoms with Gasteiger partial charge in [0.15, 0.2) is 12.1 Å². The van der Waals surface area contributed by atoms with Gasteiger partial charge in [0.25, 0.3) is 5.22 Å².